The number of thiazole rings is 1. The number of carbonyl (C=O) groups excluding carboxylic acids is 1. The predicted octanol–water partition coefficient (Wildman–Crippen LogP) is 1.44. The first-order valence-corrected chi connectivity index (χ1v) is 5.54. The van der Waals surface area contributed by atoms with Crippen molar-refractivity contribution < 1.29 is 4.79 Å². The molecule has 0 unspecified atom stereocenters. The Morgan fingerprint density at radius 3 is 2.86 bits per heavy atom. The normalized spacial score (nSPS) is 18.5. The average molecular weight is 210 g/mol. The third kappa shape index (κ3) is 1.72. The molecular weight excluding hydrogens is 196 g/mol. The summed E-state index contributed by atoms with van der Waals surface area (Å²) in [4.78, 5) is 18.6. The van der Waals surface area contributed by atoms with Gasteiger partial charge in [-0.2, -0.15) is 0 Å². The molecular formula is C10H14N2OS. The van der Waals surface area contributed by atoms with Gasteiger partial charge in [0, 0.05) is 17.6 Å². The van der Waals surface area contributed by atoms with Crippen LogP contribution < -0.4 is 0 Å². The van der Waals surface area contributed by atoms with Crippen LogP contribution in [0.1, 0.15) is 22.7 Å². The zero-order chi connectivity index (χ0) is 10.2. The van der Waals surface area contributed by atoms with Gasteiger partial charge in [0.05, 0.1) is 5.41 Å². The minimum Gasteiger partial charge on any atom is -0.304 e. The van der Waals surface area contributed by atoms with E-state index in [1.807, 2.05) is 20.3 Å². The van der Waals surface area contributed by atoms with E-state index in [-0.39, 0.29) is 5.41 Å². The number of rotatable bonds is 4. The summed E-state index contributed by atoms with van der Waals surface area (Å²) in [7, 11) is 4.07. The Morgan fingerprint density at radius 1 is 1.64 bits per heavy atom. The lowest BCUT2D eigenvalue weighted by Crippen LogP contribution is -2.09. The van der Waals surface area contributed by atoms with E-state index in [1.54, 1.807) is 11.3 Å². The Kier molecular flexibility index (Phi) is 2.41. The molecule has 1 saturated carbocycles. The Hall–Kier alpha value is -0.740. The standard InChI is InChI=1S/C10H14N2OS/c1-12(2)6-8-5-11-9(14-8)10(7-13)3-4-10/h5,7H,3-4,6H2,1-2H3. The minimum absolute atomic E-state index is 0.199. The monoisotopic (exact) mass is 210 g/mol. The lowest BCUT2D eigenvalue weighted by atomic mass is 10.1. The maximum absolute atomic E-state index is 10.9. The molecule has 1 fully saturated rings. The quantitative estimate of drug-likeness (QED) is 0.705. The van der Waals surface area contributed by atoms with Crippen molar-refractivity contribution in [2.24, 2.45) is 0 Å². The zero-order valence-corrected chi connectivity index (χ0v) is 9.30. The van der Waals surface area contributed by atoms with Crippen LogP contribution in [0.5, 0.6) is 0 Å². The van der Waals surface area contributed by atoms with Gasteiger partial charge in [-0.25, -0.2) is 4.98 Å². The molecule has 4 heteroatoms. The van der Waals surface area contributed by atoms with Gasteiger partial charge in [-0.3, -0.25) is 0 Å². The summed E-state index contributed by atoms with van der Waals surface area (Å²) >= 11 is 1.67. The third-order valence-corrected chi connectivity index (χ3v) is 3.67. The molecule has 1 heterocycles. The van der Waals surface area contributed by atoms with E-state index >= 15 is 0 Å². The van der Waals surface area contributed by atoms with Gasteiger partial charge in [0.25, 0.3) is 0 Å². The SMILES string of the molecule is CN(C)Cc1cnc(C2(C=O)CC2)s1. The second-order valence-electron chi connectivity index (χ2n) is 4.14. The molecule has 0 aliphatic heterocycles. The molecule has 1 aliphatic carbocycles. The molecule has 0 aromatic carbocycles. The smallest absolute Gasteiger partial charge is 0.132 e. The molecule has 1 aromatic heterocycles. The average Bonchev–Trinajstić information content (AvgIpc) is 2.81. The molecule has 3 nitrogen and oxygen atoms in total. The van der Waals surface area contributed by atoms with Crippen LogP contribution in [0.2, 0.25) is 0 Å². The van der Waals surface area contributed by atoms with Crippen LogP contribution in [0.4, 0.5) is 0 Å². The molecule has 0 bridgehead atoms. The maximum atomic E-state index is 10.9. The number of aromatic nitrogens is 1. The highest BCUT2D eigenvalue weighted by molar-refractivity contribution is 7.11. The van der Waals surface area contributed by atoms with Crippen molar-refractivity contribution >= 4 is 17.6 Å². The van der Waals surface area contributed by atoms with E-state index in [1.165, 1.54) is 4.88 Å². The van der Waals surface area contributed by atoms with Gasteiger partial charge in [0.2, 0.25) is 0 Å². The summed E-state index contributed by atoms with van der Waals surface area (Å²) in [5.41, 5.74) is -0.199. The lowest BCUT2D eigenvalue weighted by molar-refractivity contribution is -0.109. The molecule has 14 heavy (non-hydrogen) atoms. The van der Waals surface area contributed by atoms with E-state index in [0.29, 0.717) is 0 Å². The predicted molar refractivity (Wildman–Crippen MR) is 56.5 cm³/mol. The number of hydrogen-bond acceptors (Lipinski definition) is 4. The first-order valence-electron chi connectivity index (χ1n) is 4.72. The molecule has 76 valence electrons. The first kappa shape index (κ1) is 9.80. The molecule has 0 amide bonds. The van der Waals surface area contributed by atoms with Gasteiger partial charge in [0.1, 0.15) is 11.3 Å². The zero-order valence-electron chi connectivity index (χ0n) is 8.49. The maximum Gasteiger partial charge on any atom is 0.132 e. The second-order valence-corrected chi connectivity index (χ2v) is 5.26. The summed E-state index contributed by atoms with van der Waals surface area (Å²) in [6.45, 7) is 0.909. The summed E-state index contributed by atoms with van der Waals surface area (Å²) < 4.78 is 0. The number of nitrogens with zero attached hydrogens (tertiary/aromatic N) is 2. The van der Waals surface area contributed by atoms with Crippen LogP contribution in [0, 0.1) is 0 Å². The summed E-state index contributed by atoms with van der Waals surface area (Å²) in [5.74, 6) is 0. The number of hydrogen-bond donors (Lipinski definition) is 0. The molecule has 1 aromatic rings. The Bertz CT molecular complexity index is 342. The molecule has 0 saturated heterocycles. The third-order valence-electron chi connectivity index (χ3n) is 2.47. The van der Waals surface area contributed by atoms with Crippen LogP contribution in [-0.2, 0) is 16.8 Å². The van der Waals surface area contributed by atoms with Gasteiger partial charge >= 0.3 is 0 Å². The molecule has 1 aliphatic rings. The highest BCUT2D eigenvalue weighted by Crippen LogP contribution is 2.47. The Morgan fingerprint density at radius 2 is 2.36 bits per heavy atom. The van der Waals surface area contributed by atoms with E-state index in [9.17, 15) is 4.79 Å². The highest BCUT2D eigenvalue weighted by atomic mass is 32.1. The van der Waals surface area contributed by atoms with Gasteiger partial charge in [-0.05, 0) is 26.9 Å². The van der Waals surface area contributed by atoms with Gasteiger partial charge in [0.15, 0.2) is 0 Å². The van der Waals surface area contributed by atoms with Crippen molar-refractivity contribution in [3.63, 3.8) is 0 Å². The number of aldehydes is 1. The van der Waals surface area contributed by atoms with Crippen LogP contribution >= 0.6 is 11.3 Å². The van der Waals surface area contributed by atoms with Crippen molar-refractivity contribution in [1.29, 1.82) is 0 Å². The van der Waals surface area contributed by atoms with Crippen molar-refractivity contribution in [2.45, 2.75) is 24.8 Å². The van der Waals surface area contributed by atoms with Crippen molar-refractivity contribution in [1.82, 2.24) is 9.88 Å². The summed E-state index contributed by atoms with van der Waals surface area (Å²) in [6.07, 6.45) is 4.91. The number of carbonyl (C=O) groups is 1. The molecule has 0 atom stereocenters. The van der Waals surface area contributed by atoms with Crippen LogP contribution in [0.3, 0.4) is 0 Å². The van der Waals surface area contributed by atoms with Gasteiger partial charge < -0.3 is 9.69 Å². The lowest BCUT2D eigenvalue weighted by Gasteiger charge is -2.05. The van der Waals surface area contributed by atoms with Crippen molar-refractivity contribution in [3.05, 3.63) is 16.1 Å². The molecule has 0 spiro atoms. The second kappa shape index (κ2) is 3.44. The van der Waals surface area contributed by atoms with Crippen LogP contribution in [-0.4, -0.2) is 30.3 Å². The fourth-order valence-electron chi connectivity index (χ4n) is 1.44. The van der Waals surface area contributed by atoms with E-state index in [2.05, 4.69) is 9.88 Å². The van der Waals surface area contributed by atoms with Crippen molar-refractivity contribution in [3.8, 4) is 0 Å². The van der Waals surface area contributed by atoms with Gasteiger partial charge in [-0.15, -0.1) is 11.3 Å². The van der Waals surface area contributed by atoms with Crippen molar-refractivity contribution in [2.75, 3.05) is 14.1 Å². The fraction of sp³-hybridized carbons (Fsp3) is 0.600. The summed E-state index contributed by atoms with van der Waals surface area (Å²) in [6, 6.07) is 0. The summed E-state index contributed by atoms with van der Waals surface area (Å²) in [5, 5.41) is 1.00. The van der Waals surface area contributed by atoms with Crippen LogP contribution in [0.15, 0.2) is 6.20 Å². The first-order chi connectivity index (χ1) is 6.66. The van der Waals surface area contributed by atoms with E-state index in [0.717, 1.165) is 30.7 Å². The molecule has 2 rings (SSSR count). The van der Waals surface area contributed by atoms with E-state index < -0.39 is 0 Å². The Labute approximate surface area is 87.8 Å². The minimum atomic E-state index is -0.199. The van der Waals surface area contributed by atoms with Crippen LogP contribution in [0.25, 0.3) is 0 Å². The molecule has 0 radical (unpaired) electrons. The Balaban J connectivity index is 2.14. The molecule has 0 N–H and O–H groups in total. The van der Waals surface area contributed by atoms with Gasteiger partial charge in [-0.1, -0.05) is 0 Å². The topological polar surface area (TPSA) is 33.2 Å². The van der Waals surface area contributed by atoms with E-state index in [4.69, 9.17) is 0 Å². The highest BCUT2D eigenvalue weighted by Gasteiger charge is 2.46. The largest absolute Gasteiger partial charge is 0.304 e. The fourth-order valence-corrected chi connectivity index (χ4v) is 2.68.